The fourth-order valence-electron chi connectivity index (χ4n) is 1.40. The van der Waals surface area contributed by atoms with E-state index in [1.807, 2.05) is 0 Å². The summed E-state index contributed by atoms with van der Waals surface area (Å²) in [6, 6.07) is 6.28. The molecule has 0 heterocycles. The van der Waals surface area contributed by atoms with Gasteiger partial charge in [0.1, 0.15) is 6.10 Å². The molecule has 0 radical (unpaired) electrons. The molecule has 92 valence electrons. The van der Waals surface area contributed by atoms with Crippen molar-refractivity contribution in [3.63, 3.8) is 0 Å². The van der Waals surface area contributed by atoms with Crippen molar-refractivity contribution >= 4 is 12.2 Å². The second-order valence-corrected chi connectivity index (χ2v) is 3.52. The molecule has 0 aliphatic carbocycles. The van der Waals surface area contributed by atoms with E-state index in [4.69, 9.17) is 10.3 Å². The van der Waals surface area contributed by atoms with Gasteiger partial charge in [-0.05, 0) is 17.2 Å². The predicted octanol–water partition coefficient (Wildman–Crippen LogP) is 0.364. The SMILES string of the molecule is O=C(O)CC(O)C(O)c1cccc(C=NO)c1. The van der Waals surface area contributed by atoms with Gasteiger partial charge in [0.05, 0.1) is 18.7 Å². The monoisotopic (exact) mass is 239 g/mol. The predicted molar refractivity (Wildman–Crippen MR) is 59.0 cm³/mol. The average Bonchev–Trinajstić information content (AvgIpc) is 2.28. The van der Waals surface area contributed by atoms with Crippen molar-refractivity contribution in [1.29, 1.82) is 0 Å². The molecule has 0 fully saturated rings. The second kappa shape index (κ2) is 5.97. The normalized spacial score (nSPS) is 14.7. The van der Waals surface area contributed by atoms with Crippen LogP contribution in [0.25, 0.3) is 0 Å². The van der Waals surface area contributed by atoms with E-state index in [0.29, 0.717) is 11.1 Å². The van der Waals surface area contributed by atoms with Crippen LogP contribution in [0.3, 0.4) is 0 Å². The van der Waals surface area contributed by atoms with Crippen LogP contribution in [-0.2, 0) is 4.79 Å². The molecule has 0 aliphatic heterocycles. The van der Waals surface area contributed by atoms with Crippen molar-refractivity contribution in [1.82, 2.24) is 0 Å². The molecule has 6 heteroatoms. The molecule has 2 atom stereocenters. The standard InChI is InChI=1S/C11H13NO5/c13-9(5-10(14)15)11(16)8-3-1-2-7(4-8)6-12-17/h1-4,6,9,11,13,16-17H,5H2,(H,14,15). The summed E-state index contributed by atoms with van der Waals surface area (Å²) >= 11 is 0. The van der Waals surface area contributed by atoms with Crippen molar-refractivity contribution in [2.45, 2.75) is 18.6 Å². The number of hydrogen-bond acceptors (Lipinski definition) is 5. The number of oxime groups is 1. The Balaban J connectivity index is 2.84. The summed E-state index contributed by atoms with van der Waals surface area (Å²) in [6.45, 7) is 0. The molecule has 1 rings (SSSR count). The van der Waals surface area contributed by atoms with Crippen LogP contribution >= 0.6 is 0 Å². The Morgan fingerprint density at radius 1 is 1.41 bits per heavy atom. The van der Waals surface area contributed by atoms with Crippen LogP contribution in [0.5, 0.6) is 0 Å². The van der Waals surface area contributed by atoms with Crippen LogP contribution < -0.4 is 0 Å². The molecule has 17 heavy (non-hydrogen) atoms. The number of aliphatic hydroxyl groups excluding tert-OH is 2. The highest BCUT2D eigenvalue weighted by atomic mass is 16.4. The van der Waals surface area contributed by atoms with Crippen LogP contribution in [0.4, 0.5) is 0 Å². The molecule has 0 saturated carbocycles. The van der Waals surface area contributed by atoms with Crippen LogP contribution in [0.15, 0.2) is 29.4 Å². The summed E-state index contributed by atoms with van der Waals surface area (Å²) in [5.41, 5.74) is 0.891. The molecule has 2 unspecified atom stereocenters. The summed E-state index contributed by atoms with van der Waals surface area (Å²) in [7, 11) is 0. The lowest BCUT2D eigenvalue weighted by Gasteiger charge is -2.16. The Labute approximate surface area is 97.4 Å². The number of aliphatic carboxylic acids is 1. The summed E-state index contributed by atoms with van der Waals surface area (Å²) in [4.78, 5) is 10.4. The van der Waals surface area contributed by atoms with Crippen molar-refractivity contribution < 1.29 is 25.3 Å². The third-order valence-electron chi connectivity index (χ3n) is 2.21. The van der Waals surface area contributed by atoms with Crippen LogP contribution in [0.1, 0.15) is 23.7 Å². The Morgan fingerprint density at radius 2 is 2.12 bits per heavy atom. The number of carboxylic acids is 1. The summed E-state index contributed by atoms with van der Waals surface area (Å²) in [5.74, 6) is -1.19. The van der Waals surface area contributed by atoms with Gasteiger partial charge < -0.3 is 20.5 Å². The van der Waals surface area contributed by atoms with Crippen molar-refractivity contribution in [3.05, 3.63) is 35.4 Å². The zero-order valence-corrected chi connectivity index (χ0v) is 8.89. The molecule has 1 aromatic carbocycles. The van der Waals surface area contributed by atoms with Crippen LogP contribution in [-0.4, -0.2) is 38.8 Å². The number of nitrogens with zero attached hydrogens (tertiary/aromatic N) is 1. The van der Waals surface area contributed by atoms with Gasteiger partial charge in [-0.25, -0.2) is 0 Å². The smallest absolute Gasteiger partial charge is 0.306 e. The van der Waals surface area contributed by atoms with Crippen molar-refractivity contribution in [2.75, 3.05) is 0 Å². The maximum atomic E-state index is 10.4. The number of carbonyl (C=O) groups is 1. The highest BCUT2D eigenvalue weighted by Gasteiger charge is 2.21. The molecule has 4 N–H and O–H groups in total. The molecule has 0 amide bonds. The van der Waals surface area contributed by atoms with Crippen LogP contribution in [0, 0.1) is 0 Å². The first-order valence-electron chi connectivity index (χ1n) is 4.90. The number of carboxylic acid groups (broad SMARTS) is 1. The van der Waals surface area contributed by atoms with Crippen LogP contribution in [0.2, 0.25) is 0 Å². The summed E-state index contributed by atoms with van der Waals surface area (Å²) in [6.07, 6.45) is -2.05. The topological polar surface area (TPSA) is 110 Å². The molecule has 1 aromatic rings. The minimum Gasteiger partial charge on any atom is -0.481 e. The quantitative estimate of drug-likeness (QED) is 0.337. The molecular weight excluding hydrogens is 226 g/mol. The van der Waals surface area contributed by atoms with Gasteiger partial charge in [-0.2, -0.15) is 0 Å². The molecular formula is C11H13NO5. The van der Waals surface area contributed by atoms with Gasteiger partial charge in [0.15, 0.2) is 0 Å². The zero-order chi connectivity index (χ0) is 12.8. The van der Waals surface area contributed by atoms with Gasteiger partial charge in [-0.3, -0.25) is 4.79 Å². The second-order valence-electron chi connectivity index (χ2n) is 3.52. The summed E-state index contributed by atoms with van der Waals surface area (Å²) < 4.78 is 0. The summed E-state index contributed by atoms with van der Waals surface area (Å²) in [5, 5.41) is 38.8. The third kappa shape index (κ3) is 3.86. The number of benzene rings is 1. The van der Waals surface area contributed by atoms with E-state index in [9.17, 15) is 15.0 Å². The van der Waals surface area contributed by atoms with Crippen molar-refractivity contribution in [2.24, 2.45) is 5.16 Å². The van der Waals surface area contributed by atoms with E-state index in [1.165, 1.54) is 12.3 Å². The lowest BCUT2D eigenvalue weighted by Crippen LogP contribution is -2.21. The zero-order valence-electron chi connectivity index (χ0n) is 8.89. The van der Waals surface area contributed by atoms with Gasteiger partial charge in [-0.1, -0.05) is 23.4 Å². The average molecular weight is 239 g/mol. The highest BCUT2D eigenvalue weighted by Crippen LogP contribution is 2.19. The first kappa shape index (κ1) is 13.1. The first-order chi connectivity index (χ1) is 8.04. The van der Waals surface area contributed by atoms with Gasteiger partial charge in [0.25, 0.3) is 0 Å². The Bertz CT molecular complexity index is 418. The van der Waals surface area contributed by atoms with Gasteiger partial charge >= 0.3 is 5.97 Å². The molecule has 6 nitrogen and oxygen atoms in total. The molecule has 0 bridgehead atoms. The van der Waals surface area contributed by atoms with E-state index in [-0.39, 0.29) is 0 Å². The maximum Gasteiger partial charge on any atom is 0.306 e. The molecule has 0 saturated heterocycles. The molecule has 0 aliphatic rings. The Kier molecular flexibility index (Phi) is 4.62. The number of hydrogen-bond donors (Lipinski definition) is 4. The number of aliphatic hydroxyl groups is 2. The Hall–Kier alpha value is -1.92. The van der Waals surface area contributed by atoms with Crippen molar-refractivity contribution in [3.8, 4) is 0 Å². The first-order valence-corrected chi connectivity index (χ1v) is 4.90. The van der Waals surface area contributed by atoms with Gasteiger partial charge in [0.2, 0.25) is 0 Å². The fourth-order valence-corrected chi connectivity index (χ4v) is 1.40. The number of rotatable bonds is 5. The van der Waals surface area contributed by atoms with Gasteiger partial charge in [-0.15, -0.1) is 0 Å². The van der Waals surface area contributed by atoms with E-state index in [1.54, 1.807) is 18.2 Å². The highest BCUT2D eigenvalue weighted by molar-refractivity contribution is 5.79. The minimum atomic E-state index is -1.38. The minimum absolute atomic E-state index is 0.358. The van der Waals surface area contributed by atoms with E-state index in [2.05, 4.69) is 5.16 Å². The van der Waals surface area contributed by atoms with E-state index < -0.39 is 24.6 Å². The van der Waals surface area contributed by atoms with Gasteiger partial charge in [0, 0.05) is 0 Å². The van der Waals surface area contributed by atoms with E-state index in [0.717, 1.165) is 0 Å². The lowest BCUT2D eigenvalue weighted by atomic mass is 10.0. The fraction of sp³-hybridized carbons (Fsp3) is 0.273. The maximum absolute atomic E-state index is 10.4. The van der Waals surface area contributed by atoms with E-state index >= 15 is 0 Å². The molecule has 0 aromatic heterocycles. The Morgan fingerprint density at radius 3 is 2.71 bits per heavy atom. The lowest BCUT2D eigenvalue weighted by molar-refractivity contribution is -0.141. The molecule has 0 spiro atoms. The largest absolute Gasteiger partial charge is 0.481 e. The third-order valence-corrected chi connectivity index (χ3v) is 2.21.